The summed E-state index contributed by atoms with van der Waals surface area (Å²) in [5.74, 6) is 0.912. The lowest BCUT2D eigenvalue weighted by molar-refractivity contribution is 0.677. The average Bonchev–Trinajstić information content (AvgIpc) is 2.66. The summed E-state index contributed by atoms with van der Waals surface area (Å²) in [5, 5.41) is 11.0. The van der Waals surface area contributed by atoms with Crippen LogP contribution < -0.4 is 5.69 Å². The molecule has 0 bridgehead atoms. The van der Waals surface area contributed by atoms with Gasteiger partial charge in [-0.3, -0.25) is 9.67 Å². The van der Waals surface area contributed by atoms with Gasteiger partial charge in [0, 0.05) is 12.3 Å². The number of nitrogens with zero attached hydrogens (tertiary/aromatic N) is 4. The number of fused-ring (bicyclic) bond motifs is 3. The Hall–Kier alpha value is -1.37. The van der Waals surface area contributed by atoms with Crippen LogP contribution in [0.5, 0.6) is 0 Å². The molecular weight excluding hydrogens is 190 g/mol. The zero-order chi connectivity index (χ0) is 8.84. The van der Waals surface area contributed by atoms with Gasteiger partial charge in [0.25, 0.3) is 0 Å². The molecular formula is C6H5N5OS. The van der Waals surface area contributed by atoms with Crippen LogP contribution >= 0.6 is 11.8 Å². The second-order valence-corrected chi connectivity index (χ2v) is 3.79. The van der Waals surface area contributed by atoms with E-state index in [4.69, 9.17) is 0 Å². The number of rotatable bonds is 0. The maximum absolute atomic E-state index is 11.4. The maximum Gasteiger partial charge on any atom is 0.350 e. The molecule has 0 atom stereocenters. The highest BCUT2D eigenvalue weighted by molar-refractivity contribution is 7.99. The molecule has 0 fully saturated rings. The summed E-state index contributed by atoms with van der Waals surface area (Å²) in [7, 11) is 0. The molecule has 0 radical (unpaired) electrons. The van der Waals surface area contributed by atoms with Crippen molar-refractivity contribution in [1.29, 1.82) is 0 Å². The minimum absolute atomic E-state index is 0.235. The van der Waals surface area contributed by atoms with Crippen molar-refractivity contribution >= 4 is 22.9 Å². The van der Waals surface area contributed by atoms with E-state index in [1.54, 1.807) is 16.3 Å². The molecule has 7 heteroatoms. The largest absolute Gasteiger partial charge is 0.350 e. The molecule has 0 saturated heterocycles. The standard InChI is InChI=1S/C6H5N5OS/c12-6-7-4-3(8-10-9-4)5-11(6)1-2-13-5/h1-2H2,(H,7,8,9,12). The molecule has 6 nitrogen and oxygen atoms in total. The third-order valence-electron chi connectivity index (χ3n) is 1.98. The quantitative estimate of drug-likeness (QED) is 0.580. The summed E-state index contributed by atoms with van der Waals surface area (Å²) in [4.78, 5) is 15.2. The number of hydrogen-bond donors (Lipinski definition) is 1. The molecule has 3 heterocycles. The van der Waals surface area contributed by atoms with Crippen LogP contribution in [0, 0.1) is 0 Å². The van der Waals surface area contributed by atoms with Gasteiger partial charge in [0.2, 0.25) is 5.65 Å². The van der Waals surface area contributed by atoms with Crippen molar-refractivity contribution in [2.75, 3.05) is 5.75 Å². The third kappa shape index (κ3) is 0.844. The molecule has 0 aromatic carbocycles. The molecule has 3 rings (SSSR count). The summed E-state index contributed by atoms with van der Waals surface area (Å²) in [6, 6.07) is 0. The Morgan fingerprint density at radius 1 is 1.54 bits per heavy atom. The Balaban J connectivity index is 2.55. The Bertz CT molecular complexity index is 529. The van der Waals surface area contributed by atoms with Gasteiger partial charge in [0.15, 0.2) is 0 Å². The molecule has 0 amide bonds. The lowest BCUT2D eigenvalue weighted by Gasteiger charge is -1.98. The summed E-state index contributed by atoms with van der Waals surface area (Å²) < 4.78 is 1.65. The first-order chi connectivity index (χ1) is 6.36. The Kier molecular flexibility index (Phi) is 1.26. The van der Waals surface area contributed by atoms with Gasteiger partial charge in [-0.15, -0.1) is 16.9 Å². The van der Waals surface area contributed by atoms with Crippen LogP contribution in [0.15, 0.2) is 9.82 Å². The Labute approximate surface area is 76.4 Å². The van der Waals surface area contributed by atoms with Crippen molar-refractivity contribution < 1.29 is 0 Å². The second-order valence-electron chi connectivity index (χ2n) is 2.71. The smallest absolute Gasteiger partial charge is 0.284 e. The number of aromatic amines is 1. The maximum atomic E-state index is 11.4. The molecule has 1 aliphatic rings. The van der Waals surface area contributed by atoms with E-state index in [0.29, 0.717) is 5.65 Å². The minimum Gasteiger partial charge on any atom is -0.284 e. The van der Waals surface area contributed by atoms with Gasteiger partial charge in [-0.05, 0) is 0 Å². The number of H-pyrrole nitrogens is 1. The normalized spacial score (nSPS) is 15.1. The van der Waals surface area contributed by atoms with Gasteiger partial charge in [-0.25, -0.2) is 4.79 Å². The van der Waals surface area contributed by atoms with E-state index in [9.17, 15) is 4.79 Å². The van der Waals surface area contributed by atoms with Gasteiger partial charge < -0.3 is 0 Å². The van der Waals surface area contributed by atoms with Crippen LogP contribution in [-0.2, 0) is 6.54 Å². The van der Waals surface area contributed by atoms with Crippen LogP contribution in [0.1, 0.15) is 0 Å². The van der Waals surface area contributed by atoms with E-state index >= 15 is 0 Å². The monoisotopic (exact) mass is 195 g/mol. The van der Waals surface area contributed by atoms with Crippen molar-refractivity contribution in [3.63, 3.8) is 0 Å². The molecule has 1 aliphatic heterocycles. The molecule has 66 valence electrons. The first kappa shape index (κ1) is 7.07. The highest BCUT2D eigenvalue weighted by Crippen LogP contribution is 2.27. The number of aromatic nitrogens is 5. The first-order valence-electron chi connectivity index (χ1n) is 3.80. The molecule has 0 spiro atoms. The van der Waals surface area contributed by atoms with Crippen LogP contribution in [0.2, 0.25) is 0 Å². The van der Waals surface area contributed by atoms with E-state index in [1.807, 2.05) is 0 Å². The van der Waals surface area contributed by atoms with Gasteiger partial charge in [0.05, 0.1) is 0 Å². The zero-order valence-corrected chi connectivity index (χ0v) is 7.34. The van der Waals surface area contributed by atoms with Crippen molar-refractivity contribution in [2.24, 2.45) is 0 Å². The van der Waals surface area contributed by atoms with Gasteiger partial charge >= 0.3 is 5.69 Å². The molecule has 1 N–H and O–H groups in total. The second kappa shape index (κ2) is 2.32. The number of hydrogen-bond acceptors (Lipinski definition) is 5. The van der Waals surface area contributed by atoms with Crippen LogP contribution in [0.4, 0.5) is 0 Å². The summed E-state index contributed by atoms with van der Waals surface area (Å²) in [6.45, 7) is 0.723. The Morgan fingerprint density at radius 3 is 3.38 bits per heavy atom. The zero-order valence-electron chi connectivity index (χ0n) is 6.52. The van der Waals surface area contributed by atoms with E-state index in [-0.39, 0.29) is 5.69 Å². The summed E-state index contributed by atoms with van der Waals surface area (Å²) in [5.41, 5.74) is 0.939. The molecule has 13 heavy (non-hydrogen) atoms. The van der Waals surface area contributed by atoms with Crippen LogP contribution in [0.25, 0.3) is 11.2 Å². The molecule has 0 unspecified atom stereocenters. The van der Waals surface area contributed by atoms with Crippen molar-refractivity contribution in [2.45, 2.75) is 11.6 Å². The van der Waals surface area contributed by atoms with E-state index in [2.05, 4.69) is 20.4 Å². The predicted molar refractivity (Wildman–Crippen MR) is 46.7 cm³/mol. The fourth-order valence-electron chi connectivity index (χ4n) is 1.40. The minimum atomic E-state index is -0.235. The topological polar surface area (TPSA) is 76.5 Å². The lowest BCUT2D eigenvalue weighted by Crippen LogP contribution is -2.21. The average molecular weight is 195 g/mol. The van der Waals surface area contributed by atoms with Gasteiger partial charge in [0.1, 0.15) is 10.5 Å². The SMILES string of the molecule is O=c1nc2nn[nH]c2c2n1CCS2. The molecule has 2 aromatic heterocycles. The predicted octanol–water partition coefficient (Wildman–Crippen LogP) is -0.380. The fourth-order valence-corrected chi connectivity index (χ4v) is 2.47. The summed E-state index contributed by atoms with van der Waals surface area (Å²) in [6.07, 6.45) is 0. The van der Waals surface area contributed by atoms with E-state index in [1.165, 1.54) is 0 Å². The Morgan fingerprint density at radius 2 is 2.46 bits per heavy atom. The summed E-state index contributed by atoms with van der Waals surface area (Å²) >= 11 is 1.63. The van der Waals surface area contributed by atoms with Crippen LogP contribution in [-0.4, -0.2) is 30.7 Å². The highest BCUT2D eigenvalue weighted by atomic mass is 32.2. The number of thioether (sulfide) groups is 1. The van der Waals surface area contributed by atoms with Gasteiger partial charge in [-0.2, -0.15) is 4.98 Å². The molecule has 0 saturated carbocycles. The third-order valence-corrected chi connectivity index (χ3v) is 3.06. The van der Waals surface area contributed by atoms with Crippen molar-refractivity contribution in [1.82, 2.24) is 25.0 Å². The van der Waals surface area contributed by atoms with Crippen molar-refractivity contribution in [3.8, 4) is 0 Å². The highest BCUT2D eigenvalue weighted by Gasteiger charge is 2.18. The molecule has 2 aromatic rings. The molecule has 0 aliphatic carbocycles. The van der Waals surface area contributed by atoms with E-state index < -0.39 is 0 Å². The van der Waals surface area contributed by atoms with Crippen molar-refractivity contribution in [3.05, 3.63) is 10.5 Å². The lowest BCUT2D eigenvalue weighted by atomic mass is 10.5. The number of nitrogens with one attached hydrogen (secondary N) is 1. The first-order valence-corrected chi connectivity index (χ1v) is 4.79. The van der Waals surface area contributed by atoms with E-state index in [0.717, 1.165) is 22.8 Å². The van der Waals surface area contributed by atoms with Gasteiger partial charge in [-0.1, -0.05) is 5.21 Å². The van der Waals surface area contributed by atoms with Crippen LogP contribution in [0.3, 0.4) is 0 Å². The fraction of sp³-hybridized carbons (Fsp3) is 0.333.